The van der Waals surface area contributed by atoms with Crippen LogP contribution in [0.4, 0.5) is 0 Å². The molecule has 4 heteroatoms. The van der Waals surface area contributed by atoms with Crippen molar-refractivity contribution in [1.29, 1.82) is 0 Å². The van der Waals surface area contributed by atoms with Crippen molar-refractivity contribution in [2.45, 2.75) is 6.92 Å². The number of hydrogen-bond acceptors (Lipinski definition) is 4. The SMILES string of the molecule is Cc1cccc(-c2cc(-c3cncc(-c4ccccc4)c3)c3cccnc3n2)n1. The Balaban J connectivity index is 1.72. The molecule has 0 bridgehead atoms. The van der Waals surface area contributed by atoms with Crippen LogP contribution in [-0.4, -0.2) is 19.9 Å². The maximum Gasteiger partial charge on any atom is 0.160 e. The first kappa shape index (κ1) is 17.2. The van der Waals surface area contributed by atoms with Crippen LogP contribution in [0.3, 0.4) is 0 Å². The lowest BCUT2D eigenvalue weighted by molar-refractivity contribution is 1.18. The lowest BCUT2D eigenvalue weighted by atomic mass is 9.99. The summed E-state index contributed by atoms with van der Waals surface area (Å²) in [6.45, 7) is 1.98. The monoisotopic (exact) mass is 374 g/mol. The lowest BCUT2D eigenvalue weighted by Gasteiger charge is -2.11. The molecule has 5 aromatic rings. The Kier molecular flexibility index (Phi) is 4.30. The van der Waals surface area contributed by atoms with Crippen LogP contribution in [0.1, 0.15) is 5.69 Å². The summed E-state index contributed by atoms with van der Waals surface area (Å²) in [5, 5.41) is 0.996. The Morgan fingerprint density at radius 1 is 0.655 bits per heavy atom. The highest BCUT2D eigenvalue weighted by molar-refractivity contribution is 5.95. The molecule has 0 amide bonds. The number of nitrogens with zero attached hydrogens (tertiary/aromatic N) is 4. The second kappa shape index (κ2) is 7.24. The number of aryl methyl sites for hydroxylation is 1. The van der Waals surface area contributed by atoms with Gasteiger partial charge in [-0.3, -0.25) is 9.97 Å². The average Bonchev–Trinajstić information content (AvgIpc) is 2.79. The third-order valence-corrected chi connectivity index (χ3v) is 4.89. The number of rotatable bonds is 3. The molecule has 4 heterocycles. The first-order chi connectivity index (χ1) is 14.3. The van der Waals surface area contributed by atoms with Crippen molar-refractivity contribution in [3.05, 3.63) is 97.1 Å². The van der Waals surface area contributed by atoms with Gasteiger partial charge in [0, 0.05) is 40.8 Å². The van der Waals surface area contributed by atoms with Crippen LogP contribution in [-0.2, 0) is 0 Å². The van der Waals surface area contributed by atoms with Crippen molar-refractivity contribution >= 4 is 11.0 Å². The minimum Gasteiger partial charge on any atom is -0.263 e. The molecule has 0 aliphatic carbocycles. The number of fused-ring (bicyclic) bond motifs is 1. The minimum absolute atomic E-state index is 0.702. The van der Waals surface area contributed by atoms with Crippen molar-refractivity contribution in [1.82, 2.24) is 19.9 Å². The standard InChI is InChI=1S/C25H18N4/c1-17-7-5-11-23(28-17)24-14-22(21-10-6-12-27-25(21)29-24)20-13-19(15-26-16-20)18-8-3-2-4-9-18/h2-16H,1H3. The number of pyridine rings is 4. The van der Waals surface area contributed by atoms with Gasteiger partial charge in [-0.2, -0.15) is 0 Å². The first-order valence-corrected chi connectivity index (χ1v) is 9.48. The molecule has 4 nitrogen and oxygen atoms in total. The molecule has 29 heavy (non-hydrogen) atoms. The van der Waals surface area contributed by atoms with E-state index < -0.39 is 0 Å². The Hall–Kier alpha value is -3.92. The van der Waals surface area contributed by atoms with Crippen LogP contribution in [0.2, 0.25) is 0 Å². The number of aromatic nitrogens is 4. The summed E-state index contributed by atoms with van der Waals surface area (Å²) in [5.74, 6) is 0. The maximum absolute atomic E-state index is 4.76. The van der Waals surface area contributed by atoms with Crippen LogP contribution in [0.5, 0.6) is 0 Å². The quantitative estimate of drug-likeness (QED) is 0.405. The largest absolute Gasteiger partial charge is 0.263 e. The van der Waals surface area contributed by atoms with E-state index in [0.29, 0.717) is 5.65 Å². The molecular formula is C25H18N4. The second-order valence-corrected chi connectivity index (χ2v) is 6.92. The Morgan fingerprint density at radius 3 is 2.38 bits per heavy atom. The van der Waals surface area contributed by atoms with E-state index in [2.05, 4.69) is 39.2 Å². The van der Waals surface area contributed by atoms with E-state index in [4.69, 9.17) is 4.98 Å². The molecule has 5 rings (SSSR count). The highest BCUT2D eigenvalue weighted by Gasteiger charge is 2.12. The van der Waals surface area contributed by atoms with E-state index in [-0.39, 0.29) is 0 Å². The molecule has 0 saturated carbocycles. The van der Waals surface area contributed by atoms with Crippen LogP contribution in [0.25, 0.3) is 44.7 Å². The van der Waals surface area contributed by atoms with E-state index in [0.717, 1.165) is 44.7 Å². The van der Waals surface area contributed by atoms with Crippen molar-refractivity contribution in [2.24, 2.45) is 0 Å². The second-order valence-electron chi connectivity index (χ2n) is 6.92. The van der Waals surface area contributed by atoms with Crippen LogP contribution < -0.4 is 0 Å². The van der Waals surface area contributed by atoms with Gasteiger partial charge >= 0.3 is 0 Å². The smallest absolute Gasteiger partial charge is 0.160 e. The molecular weight excluding hydrogens is 356 g/mol. The summed E-state index contributed by atoms with van der Waals surface area (Å²) in [4.78, 5) is 18.4. The summed E-state index contributed by atoms with van der Waals surface area (Å²) < 4.78 is 0. The third kappa shape index (κ3) is 3.36. The average molecular weight is 374 g/mol. The van der Waals surface area contributed by atoms with Gasteiger partial charge in [0.1, 0.15) is 0 Å². The van der Waals surface area contributed by atoms with Gasteiger partial charge < -0.3 is 0 Å². The zero-order chi connectivity index (χ0) is 19.6. The molecule has 138 valence electrons. The third-order valence-electron chi connectivity index (χ3n) is 4.89. The molecule has 0 unspecified atom stereocenters. The van der Waals surface area contributed by atoms with Gasteiger partial charge in [-0.15, -0.1) is 0 Å². The summed E-state index contributed by atoms with van der Waals surface area (Å²) in [5.41, 5.74) is 7.59. The lowest BCUT2D eigenvalue weighted by Crippen LogP contribution is -1.94. The predicted octanol–water partition coefficient (Wildman–Crippen LogP) is 5.73. The molecule has 0 fully saturated rings. The Labute approximate surface area is 169 Å². The van der Waals surface area contributed by atoms with Gasteiger partial charge in [-0.1, -0.05) is 36.4 Å². The van der Waals surface area contributed by atoms with Crippen molar-refractivity contribution < 1.29 is 0 Å². The number of benzene rings is 1. The fourth-order valence-electron chi connectivity index (χ4n) is 3.49. The molecule has 0 spiro atoms. The van der Waals surface area contributed by atoms with E-state index in [1.54, 1.807) is 6.20 Å². The van der Waals surface area contributed by atoms with Crippen molar-refractivity contribution in [3.63, 3.8) is 0 Å². The fourth-order valence-corrected chi connectivity index (χ4v) is 3.49. The molecule has 0 radical (unpaired) electrons. The van der Waals surface area contributed by atoms with Gasteiger partial charge in [-0.05, 0) is 54.4 Å². The van der Waals surface area contributed by atoms with Gasteiger partial charge in [0.2, 0.25) is 0 Å². The molecule has 4 aromatic heterocycles. The van der Waals surface area contributed by atoms with Gasteiger partial charge in [0.05, 0.1) is 11.4 Å². The van der Waals surface area contributed by atoms with Crippen LogP contribution >= 0.6 is 0 Å². The summed E-state index contributed by atoms with van der Waals surface area (Å²) >= 11 is 0. The summed E-state index contributed by atoms with van der Waals surface area (Å²) in [7, 11) is 0. The van der Waals surface area contributed by atoms with E-state index in [1.165, 1.54) is 0 Å². The molecule has 0 aliphatic rings. The summed E-state index contributed by atoms with van der Waals surface area (Å²) in [6.07, 6.45) is 5.55. The van der Waals surface area contributed by atoms with Crippen LogP contribution in [0, 0.1) is 6.92 Å². The molecule has 0 saturated heterocycles. The van der Waals surface area contributed by atoms with E-state index in [9.17, 15) is 0 Å². The topological polar surface area (TPSA) is 51.6 Å². The van der Waals surface area contributed by atoms with Crippen molar-refractivity contribution in [3.8, 4) is 33.6 Å². The predicted molar refractivity (Wildman–Crippen MR) is 116 cm³/mol. The highest BCUT2D eigenvalue weighted by Crippen LogP contribution is 2.32. The van der Waals surface area contributed by atoms with Crippen molar-refractivity contribution in [2.75, 3.05) is 0 Å². The molecule has 1 aromatic carbocycles. The minimum atomic E-state index is 0.702. The fraction of sp³-hybridized carbons (Fsp3) is 0.0400. The number of hydrogen-bond donors (Lipinski definition) is 0. The van der Waals surface area contributed by atoms with Crippen LogP contribution in [0.15, 0.2) is 91.4 Å². The highest BCUT2D eigenvalue weighted by atomic mass is 14.9. The van der Waals surface area contributed by atoms with Gasteiger partial charge in [0.15, 0.2) is 5.65 Å². The summed E-state index contributed by atoms with van der Waals surface area (Å²) in [6, 6.07) is 24.5. The Morgan fingerprint density at radius 2 is 1.52 bits per heavy atom. The maximum atomic E-state index is 4.76. The first-order valence-electron chi connectivity index (χ1n) is 9.48. The molecule has 0 atom stereocenters. The molecule has 0 N–H and O–H groups in total. The molecule has 0 aliphatic heterocycles. The Bertz CT molecular complexity index is 1310. The normalized spacial score (nSPS) is 10.9. The zero-order valence-corrected chi connectivity index (χ0v) is 15.9. The van der Waals surface area contributed by atoms with Gasteiger partial charge in [-0.25, -0.2) is 9.97 Å². The van der Waals surface area contributed by atoms with Gasteiger partial charge in [0.25, 0.3) is 0 Å². The zero-order valence-electron chi connectivity index (χ0n) is 15.9. The van der Waals surface area contributed by atoms with E-state index in [1.807, 2.05) is 67.8 Å². The van der Waals surface area contributed by atoms with E-state index >= 15 is 0 Å².